The molecule has 5 aliphatic heterocycles. The Bertz CT molecular complexity index is 3720. The van der Waals surface area contributed by atoms with Crippen molar-refractivity contribution < 1.29 is 150 Å². The molecule has 10 nitrogen and oxygen atoms in total. The van der Waals surface area contributed by atoms with Crippen molar-refractivity contribution in [2.24, 2.45) is 0 Å². The van der Waals surface area contributed by atoms with Crippen LogP contribution in [0, 0.1) is 175 Å². The second-order valence-corrected chi connectivity index (χ2v) is 59.6. The van der Waals surface area contributed by atoms with Gasteiger partial charge in [-0.05, 0) is 25.7 Å². The van der Waals surface area contributed by atoms with Crippen LogP contribution >= 0.6 is 0 Å². The summed E-state index contributed by atoms with van der Waals surface area (Å²) in [4.78, 5) is 0. The molecule has 0 atom stereocenters. The molecule has 5 saturated heterocycles. The zero-order valence-electron chi connectivity index (χ0n) is 56.0. The zero-order valence-corrected chi connectivity index (χ0v) is 65.3. The summed E-state index contributed by atoms with van der Waals surface area (Å²) in [6.07, 6.45) is -8.56. The van der Waals surface area contributed by atoms with Gasteiger partial charge < -0.3 is 9.47 Å². The normalized spacial score (nSPS) is 18.4. The Hall–Kier alpha value is -3.89. The van der Waals surface area contributed by atoms with E-state index in [1.165, 1.54) is 25.7 Å². The van der Waals surface area contributed by atoms with Crippen molar-refractivity contribution in [1.82, 2.24) is 5.60 Å². The van der Waals surface area contributed by atoms with Crippen LogP contribution in [0.3, 0.4) is 0 Å². The molecule has 2 spiro atoms. The molecule has 5 aliphatic rings. The number of benzene rings is 6. The molecule has 5 fully saturated rings. The van der Waals surface area contributed by atoms with E-state index in [1.54, 1.807) is 0 Å². The molecule has 6 aromatic rings. The first kappa shape index (κ1) is 86.1. The number of hydrogen-bond acceptors (Lipinski definition) is 10. The fourth-order valence-corrected chi connectivity index (χ4v) is 98.2. The van der Waals surface area contributed by atoms with Crippen LogP contribution in [-0.2, 0) is 18.4 Å². The molecule has 0 unspecified atom stereocenters. The molecule has 0 bridgehead atoms. The molecule has 11 rings (SSSR count). The van der Waals surface area contributed by atoms with Gasteiger partial charge in [0.05, 0.1) is 0 Å². The second-order valence-electron chi connectivity index (χ2n) is 27.5. The van der Waals surface area contributed by atoms with E-state index in [-0.39, 0.29) is 0 Å². The molecule has 0 N–H and O–H groups in total. The van der Waals surface area contributed by atoms with Crippen molar-refractivity contribution in [3.05, 3.63) is 175 Å². The first-order chi connectivity index (χ1) is 48.6. The van der Waals surface area contributed by atoms with Gasteiger partial charge in [-0.25, -0.2) is 0 Å². The maximum atomic E-state index is 16.9. The average molecular weight is 2030 g/mol. The number of ether oxygens (including phenoxy) is 2. The predicted octanol–water partition coefficient (Wildman–Crippen LogP) is 12.4. The Morgan fingerprint density at radius 1 is 0.236 bits per heavy atom. The molecule has 5 heterocycles. The first-order valence-corrected chi connectivity index (χ1v) is 44.4. The topological polar surface area (TPSA) is 68.3 Å². The van der Waals surface area contributed by atoms with E-state index in [2.05, 4.69) is 0 Å². The number of nitrogens with zero attached hydrogens (tertiary/aromatic N) is 4. The molecule has 106 heavy (non-hydrogen) atoms. The van der Waals surface area contributed by atoms with Crippen LogP contribution in [0.1, 0.15) is 109 Å². The number of hydrogen-bond donors (Lipinski definition) is 0. The Morgan fingerprint density at radius 2 is 0.358 bits per heavy atom. The molecule has 0 saturated carbocycles. The summed E-state index contributed by atoms with van der Waals surface area (Å²) in [5.41, 5.74) is -27.7. The van der Waals surface area contributed by atoms with Gasteiger partial charge in [0.2, 0.25) is 0 Å². The Morgan fingerprint density at radius 3 is 0.462 bits per heavy atom. The summed E-state index contributed by atoms with van der Waals surface area (Å²) >= 11 is -24.8. The van der Waals surface area contributed by atoms with E-state index < -0.39 is 322 Å². The third-order valence-corrected chi connectivity index (χ3v) is 78.9. The summed E-state index contributed by atoms with van der Waals surface area (Å²) in [5.74, 6) is -102. The Kier molecular flexibility index (Phi) is 24.3. The van der Waals surface area contributed by atoms with Gasteiger partial charge in [0.15, 0.2) is 0 Å². The van der Waals surface area contributed by atoms with E-state index in [1.807, 2.05) is 0 Å². The summed E-state index contributed by atoms with van der Waals surface area (Å²) in [6, 6.07) is 0. The fraction of sp³-hybridized carbons (Fsp3) is 0.400. The minimum atomic E-state index is -6.84. The van der Waals surface area contributed by atoms with Crippen molar-refractivity contribution in [2.75, 3.05) is 26.4 Å². The Labute approximate surface area is 608 Å². The van der Waals surface area contributed by atoms with Crippen LogP contribution in [-0.4, -0.2) is 147 Å². The first-order valence-electron chi connectivity index (χ1n) is 30.4. The molecule has 588 valence electrons. The van der Waals surface area contributed by atoms with Crippen LogP contribution in [0.5, 0.6) is 0 Å². The van der Waals surface area contributed by atoms with Crippen LogP contribution < -0.4 is 32.8 Å². The van der Waals surface area contributed by atoms with Crippen molar-refractivity contribution in [1.29, 1.82) is 0 Å². The summed E-state index contributed by atoms with van der Waals surface area (Å²) in [5, 5.41) is 0. The fourth-order valence-electron chi connectivity index (χ4n) is 11.8. The van der Waals surface area contributed by atoms with Crippen molar-refractivity contribution >= 4 is 126 Å². The van der Waals surface area contributed by atoms with Crippen LogP contribution in [0.2, 0.25) is 0 Å². The maximum absolute atomic E-state index is 16.9. The van der Waals surface area contributed by atoms with Crippen LogP contribution in [0.15, 0.2) is 0 Å². The van der Waals surface area contributed by atoms with Crippen LogP contribution in [0.25, 0.3) is 0 Å². The van der Waals surface area contributed by atoms with Crippen LogP contribution in [0.4, 0.5) is 132 Å². The monoisotopic (exact) mass is 2040 g/mol. The molecule has 0 aliphatic carbocycles. The summed E-state index contributed by atoms with van der Waals surface area (Å²) < 4.78 is 522. The minimum absolute atomic E-state index is 0.704. The molecule has 6 aromatic carbocycles. The van der Waals surface area contributed by atoms with Gasteiger partial charge in [0.1, 0.15) is 0 Å². The number of halogens is 30. The molecule has 0 aromatic heterocycles. The SMILES string of the molecule is C1CCOC1.C1CCOC1.CC(C)(C)N1[Te+](O[B-](c2c(F)c(F)c(F)c(F)c2F)(c2c(F)c(F)c(F)c(F)c2F)c2c(F)c(F)c(F)c(F)c2F)N(C(C)(C)C)[Te]12O[Te]1(O2)N(C(C)(C)C)[Te+](O[B-](c2c(F)c(F)c(F)c(F)c2F)(c2c(F)c(F)c(F)c(F)c2F)c2c(F)c(F)c(F)c(F)c2F)N1C(C)(C)C. The molecule has 0 amide bonds. The molecular weight excluding hydrogens is 1970 g/mol. The van der Waals surface area contributed by atoms with Gasteiger partial charge in [0, 0.05) is 26.4 Å². The standard InChI is InChI=1S/C52H36B2F30N4O4Te4.2C4H8O/c1-49(2,3)85-93(89-53(13-19(55)31(67)43(79)32(68)20(13)56,14-21(57)33(69)44(80)34(70)22(14)58)15-23(59)35(71)45(81)36(72)24(15)60)86(50(4,5)6)95(85)91-96(92-95)87(51(7,8)9)94(88(96)52(10,11)12)90-54(16-25(61)37(73)46(82)38(74)26(16)62,17-27(63)39(75)47(83)40(76)28(17)64)18-29(65)41(77)48(84)42(78)30(18)66;2*1-2-4-5-3-1/h1-12H3;2*1-4H2. The third-order valence-electron chi connectivity index (χ3n) is 16.0. The molecule has 0 radical (unpaired) electrons. The second kappa shape index (κ2) is 29.9. The van der Waals surface area contributed by atoms with Gasteiger partial charge in [0.25, 0.3) is 0 Å². The van der Waals surface area contributed by atoms with Gasteiger partial charge in [-0.15, -0.1) is 0 Å². The molecule has 46 heteroatoms. The van der Waals surface area contributed by atoms with E-state index in [0.29, 0.717) is 5.60 Å². The van der Waals surface area contributed by atoms with Crippen molar-refractivity contribution in [3.63, 3.8) is 0 Å². The number of rotatable bonds is 10. The average Bonchev–Trinajstić information content (AvgIpc) is 0.693. The van der Waals surface area contributed by atoms with E-state index in [0.717, 1.165) is 110 Å². The van der Waals surface area contributed by atoms with Gasteiger partial charge in [-0.3, -0.25) is 0 Å². The van der Waals surface area contributed by atoms with Gasteiger partial charge in [-0.2, -0.15) is 0 Å². The van der Waals surface area contributed by atoms with E-state index >= 15 is 132 Å². The van der Waals surface area contributed by atoms with Gasteiger partial charge >= 0.3 is 552 Å². The summed E-state index contributed by atoms with van der Waals surface area (Å²) in [7, 11) is 0. The van der Waals surface area contributed by atoms with Gasteiger partial charge in [-0.1, -0.05) is 0 Å². The van der Waals surface area contributed by atoms with Crippen molar-refractivity contribution in [3.8, 4) is 0 Å². The molecular formula is C60H52B2F30N4O6Te4. The predicted molar refractivity (Wildman–Crippen MR) is 321 cm³/mol. The quantitative estimate of drug-likeness (QED) is 0.0573. The van der Waals surface area contributed by atoms with E-state index in [9.17, 15) is 0 Å². The van der Waals surface area contributed by atoms with Crippen molar-refractivity contribution in [2.45, 2.75) is 131 Å². The third kappa shape index (κ3) is 13.3. The van der Waals surface area contributed by atoms with E-state index in [4.69, 9.17) is 18.4 Å². The Balaban J connectivity index is 0.00000120. The zero-order chi connectivity index (χ0) is 80.1. The summed E-state index contributed by atoms with van der Waals surface area (Å²) in [6.45, 7) is 16.1.